The molecule has 0 atom stereocenters. The molecule has 0 aliphatic carbocycles. The third kappa shape index (κ3) is 5.08. The van der Waals surface area contributed by atoms with Crippen molar-refractivity contribution in [1.29, 1.82) is 0 Å². The average Bonchev–Trinajstić information content (AvgIpc) is 2.66. The molecule has 10 heteroatoms. The summed E-state index contributed by atoms with van der Waals surface area (Å²) in [6.07, 6.45) is -3.22. The first-order chi connectivity index (χ1) is 13.1. The number of halogens is 3. The zero-order chi connectivity index (χ0) is 20.9. The summed E-state index contributed by atoms with van der Waals surface area (Å²) in [4.78, 5) is 4.07. The maximum Gasteiger partial charge on any atom is 0.416 e. The van der Waals surface area contributed by atoms with Crippen molar-refractivity contribution < 1.29 is 21.6 Å². The second kappa shape index (κ2) is 8.70. The molecule has 0 saturated heterocycles. The van der Waals surface area contributed by atoms with Crippen LogP contribution in [-0.4, -0.2) is 36.5 Å². The number of anilines is 1. The van der Waals surface area contributed by atoms with Gasteiger partial charge >= 0.3 is 6.18 Å². The molecule has 0 aliphatic rings. The molecule has 0 amide bonds. The van der Waals surface area contributed by atoms with Crippen molar-refractivity contribution in [2.75, 3.05) is 18.5 Å². The van der Waals surface area contributed by atoms with Gasteiger partial charge in [0.05, 0.1) is 11.3 Å². The van der Waals surface area contributed by atoms with E-state index in [2.05, 4.69) is 15.5 Å². The highest BCUT2D eigenvalue weighted by Crippen LogP contribution is 2.29. The molecule has 0 aliphatic heterocycles. The molecule has 152 valence electrons. The van der Waals surface area contributed by atoms with E-state index in [1.807, 2.05) is 0 Å². The van der Waals surface area contributed by atoms with Crippen molar-refractivity contribution in [3.8, 4) is 0 Å². The van der Waals surface area contributed by atoms with E-state index in [0.29, 0.717) is 24.4 Å². The Bertz CT molecular complexity index is 938. The molecule has 0 radical (unpaired) electrons. The van der Waals surface area contributed by atoms with Crippen molar-refractivity contribution in [3.63, 3.8) is 0 Å². The molecule has 2 aromatic rings. The van der Waals surface area contributed by atoms with Crippen LogP contribution in [0.1, 0.15) is 31.9 Å². The van der Waals surface area contributed by atoms with E-state index in [0.717, 1.165) is 12.1 Å². The standard InChI is InChI=1S/C18H21F3N4O2S/c1-4-25(5-2)28(26,27)16-9-10-17(22-12-16)24-23-13(3)14-7-6-8-15(11-14)18(19,20)21/h6-12H,4-5H2,1-3H3,(H,22,24)/b23-13+. The summed E-state index contributed by atoms with van der Waals surface area (Å²) in [5.41, 5.74) is 2.50. The van der Waals surface area contributed by atoms with Crippen molar-refractivity contribution in [1.82, 2.24) is 9.29 Å². The minimum atomic E-state index is -4.43. The lowest BCUT2D eigenvalue weighted by Gasteiger charge is -2.18. The maximum absolute atomic E-state index is 12.8. The topological polar surface area (TPSA) is 74.7 Å². The second-order valence-electron chi connectivity index (χ2n) is 5.86. The van der Waals surface area contributed by atoms with Gasteiger partial charge in [-0.15, -0.1) is 0 Å². The van der Waals surface area contributed by atoms with E-state index in [-0.39, 0.29) is 10.7 Å². The van der Waals surface area contributed by atoms with Crippen molar-refractivity contribution in [3.05, 3.63) is 53.7 Å². The van der Waals surface area contributed by atoms with Gasteiger partial charge in [0, 0.05) is 19.3 Å². The summed E-state index contributed by atoms with van der Waals surface area (Å²) >= 11 is 0. The zero-order valence-electron chi connectivity index (χ0n) is 15.7. The zero-order valence-corrected chi connectivity index (χ0v) is 16.5. The minimum absolute atomic E-state index is 0.0559. The van der Waals surface area contributed by atoms with Crippen LogP contribution in [0.15, 0.2) is 52.6 Å². The number of sulfonamides is 1. The number of benzene rings is 1. The quantitative estimate of drug-likeness (QED) is 0.550. The Hall–Kier alpha value is -2.46. The lowest BCUT2D eigenvalue weighted by atomic mass is 10.1. The van der Waals surface area contributed by atoms with Gasteiger partial charge in [-0.1, -0.05) is 26.0 Å². The fourth-order valence-electron chi connectivity index (χ4n) is 2.44. The third-order valence-corrected chi connectivity index (χ3v) is 6.06. The van der Waals surface area contributed by atoms with Gasteiger partial charge in [-0.05, 0) is 36.8 Å². The predicted octanol–water partition coefficient (Wildman–Crippen LogP) is 3.97. The van der Waals surface area contributed by atoms with Crippen LogP contribution in [-0.2, 0) is 16.2 Å². The highest BCUT2D eigenvalue weighted by molar-refractivity contribution is 7.89. The first-order valence-corrected chi connectivity index (χ1v) is 9.97. The Balaban J connectivity index is 2.17. The minimum Gasteiger partial charge on any atom is -0.261 e. The lowest BCUT2D eigenvalue weighted by molar-refractivity contribution is -0.137. The lowest BCUT2D eigenvalue weighted by Crippen LogP contribution is -2.30. The van der Waals surface area contributed by atoms with Gasteiger partial charge in [-0.2, -0.15) is 22.6 Å². The van der Waals surface area contributed by atoms with Crippen LogP contribution >= 0.6 is 0 Å². The maximum atomic E-state index is 12.8. The number of hydrogen-bond acceptors (Lipinski definition) is 5. The molecule has 6 nitrogen and oxygen atoms in total. The number of hydrazone groups is 1. The summed E-state index contributed by atoms with van der Waals surface area (Å²) in [5, 5.41) is 4.02. The van der Waals surface area contributed by atoms with Crippen LogP contribution < -0.4 is 5.43 Å². The van der Waals surface area contributed by atoms with Gasteiger partial charge in [0.25, 0.3) is 0 Å². The van der Waals surface area contributed by atoms with E-state index in [1.54, 1.807) is 20.8 Å². The van der Waals surface area contributed by atoms with Gasteiger partial charge in [-0.25, -0.2) is 13.4 Å². The van der Waals surface area contributed by atoms with Crippen LogP contribution in [0.2, 0.25) is 0 Å². The fourth-order valence-corrected chi connectivity index (χ4v) is 3.84. The number of hydrogen-bond donors (Lipinski definition) is 1. The number of nitrogens with one attached hydrogen (secondary N) is 1. The molecular weight excluding hydrogens is 393 g/mol. The number of rotatable bonds is 7. The van der Waals surface area contributed by atoms with Crippen molar-refractivity contribution in [2.24, 2.45) is 5.10 Å². The Morgan fingerprint density at radius 3 is 2.39 bits per heavy atom. The average molecular weight is 414 g/mol. The highest BCUT2D eigenvalue weighted by Gasteiger charge is 2.30. The Kier molecular flexibility index (Phi) is 6.78. The first-order valence-electron chi connectivity index (χ1n) is 8.53. The summed E-state index contributed by atoms with van der Waals surface area (Å²) in [6, 6.07) is 7.66. The number of nitrogens with zero attached hydrogens (tertiary/aromatic N) is 3. The molecule has 0 unspecified atom stereocenters. The molecule has 0 saturated carbocycles. The Morgan fingerprint density at radius 1 is 1.18 bits per heavy atom. The molecule has 1 N–H and O–H groups in total. The second-order valence-corrected chi connectivity index (χ2v) is 7.79. The molecule has 2 rings (SSSR count). The SMILES string of the molecule is CCN(CC)S(=O)(=O)c1ccc(N/N=C(\C)c2cccc(C(F)(F)F)c2)nc1. The predicted molar refractivity (Wildman–Crippen MR) is 102 cm³/mol. The molecule has 0 bridgehead atoms. The molecule has 0 spiro atoms. The monoisotopic (exact) mass is 414 g/mol. The number of alkyl halides is 3. The normalized spacial score (nSPS) is 13.0. The highest BCUT2D eigenvalue weighted by atomic mass is 32.2. The summed E-state index contributed by atoms with van der Waals surface area (Å²) in [6.45, 7) is 5.74. The number of pyridine rings is 1. The smallest absolute Gasteiger partial charge is 0.261 e. The van der Waals surface area contributed by atoms with E-state index in [9.17, 15) is 21.6 Å². The molecule has 0 fully saturated rings. The molecule has 28 heavy (non-hydrogen) atoms. The van der Waals surface area contributed by atoms with E-state index >= 15 is 0 Å². The van der Waals surface area contributed by atoms with E-state index in [4.69, 9.17) is 0 Å². The van der Waals surface area contributed by atoms with E-state index < -0.39 is 21.8 Å². The molecular formula is C18H21F3N4O2S. The fraction of sp³-hybridized carbons (Fsp3) is 0.333. The summed E-state index contributed by atoms with van der Waals surface area (Å²) in [5.74, 6) is 0.268. The van der Waals surface area contributed by atoms with Crippen LogP contribution in [0.4, 0.5) is 19.0 Å². The third-order valence-electron chi connectivity index (χ3n) is 4.03. The van der Waals surface area contributed by atoms with Gasteiger partial charge in [0.2, 0.25) is 10.0 Å². The van der Waals surface area contributed by atoms with Crippen molar-refractivity contribution >= 4 is 21.6 Å². The summed E-state index contributed by atoms with van der Waals surface area (Å²) in [7, 11) is -3.61. The van der Waals surface area contributed by atoms with Crippen LogP contribution in [0, 0.1) is 0 Å². The largest absolute Gasteiger partial charge is 0.416 e. The van der Waals surface area contributed by atoms with Gasteiger partial charge in [0.1, 0.15) is 10.7 Å². The molecule has 1 aromatic heterocycles. The summed E-state index contributed by atoms with van der Waals surface area (Å²) < 4.78 is 64.6. The molecule has 1 aromatic carbocycles. The van der Waals surface area contributed by atoms with Gasteiger partial charge in [-0.3, -0.25) is 5.43 Å². The van der Waals surface area contributed by atoms with E-state index in [1.165, 1.54) is 34.8 Å². The van der Waals surface area contributed by atoms with Crippen LogP contribution in [0.25, 0.3) is 0 Å². The number of aromatic nitrogens is 1. The molecule has 1 heterocycles. The van der Waals surface area contributed by atoms with Gasteiger partial charge in [0.15, 0.2) is 0 Å². The van der Waals surface area contributed by atoms with Crippen molar-refractivity contribution in [2.45, 2.75) is 31.8 Å². The Labute approximate surface area is 162 Å². The first kappa shape index (κ1) is 21.8. The van der Waals surface area contributed by atoms with Crippen LogP contribution in [0.3, 0.4) is 0 Å². The van der Waals surface area contributed by atoms with Crippen LogP contribution in [0.5, 0.6) is 0 Å². The van der Waals surface area contributed by atoms with Gasteiger partial charge < -0.3 is 0 Å². The Morgan fingerprint density at radius 2 is 1.86 bits per heavy atom.